The standard InChI is InChI=1S/C23H26N2O3/c1-17-6-5-9-21(10-17)28-16-23(27)25-13-19-11-22(26)24(14-20(19)15-25)12-18-7-3-2-4-8-18/h2-10,19-20H,11-16H2,1H3/t19-,20+/m0/s1. The number of aryl methyl sites for hydroxylation is 1. The summed E-state index contributed by atoms with van der Waals surface area (Å²) in [6.45, 7) is 4.78. The Morgan fingerprint density at radius 2 is 1.82 bits per heavy atom. The normalized spacial score (nSPS) is 21.5. The van der Waals surface area contributed by atoms with Gasteiger partial charge < -0.3 is 14.5 Å². The Hall–Kier alpha value is -2.82. The number of benzene rings is 2. The summed E-state index contributed by atoms with van der Waals surface area (Å²) in [7, 11) is 0. The molecular weight excluding hydrogens is 352 g/mol. The molecule has 0 radical (unpaired) electrons. The average molecular weight is 378 g/mol. The first kappa shape index (κ1) is 18.5. The summed E-state index contributed by atoms with van der Waals surface area (Å²) in [6, 6.07) is 17.8. The highest BCUT2D eigenvalue weighted by atomic mass is 16.5. The van der Waals surface area contributed by atoms with Gasteiger partial charge in [-0.05, 0) is 42.0 Å². The van der Waals surface area contributed by atoms with Crippen molar-refractivity contribution in [2.24, 2.45) is 11.8 Å². The van der Waals surface area contributed by atoms with Crippen molar-refractivity contribution in [1.29, 1.82) is 0 Å². The number of fused-ring (bicyclic) bond motifs is 1. The number of nitrogens with zero attached hydrogens (tertiary/aromatic N) is 2. The van der Waals surface area contributed by atoms with Crippen LogP contribution in [0.25, 0.3) is 0 Å². The van der Waals surface area contributed by atoms with Crippen LogP contribution >= 0.6 is 0 Å². The Labute approximate surface area is 165 Å². The second kappa shape index (κ2) is 8.05. The molecule has 146 valence electrons. The third kappa shape index (κ3) is 4.19. The first-order valence-corrected chi connectivity index (χ1v) is 9.87. The van der Waals surface area contributed by atoms with Crippen LogP contribution in [0.2, 0.25) is 0 Å². The minimum atomic E-state index is -0.00188. The van der Waals surface area contributed by atoms with E-state index in [1.54, 1.807) is 0 Å². The summed E-state index contributed by atoms with van der Waals surface area (Å²) in [5.74, 6) is 1.52. The lowest BCUT2D eigenvalue weighted by Gasteiger charge is -2.34. The highest BCUT2D eigenvalue weighted by Crippen LogP contribution is 2.32. The molecule has 0 unspecified atom stereocenters. The van der Waals surface area contributed by atoms with E-state index in [1.165, 1.54) is 0 Å². The van der Waals surface area contributed by atoms with Crippen molar-refractivity contribution in [3.05, 3.63) is 65.7 Å². The fourth-order valence-electron chi connectivity index (χ4n) is 4.22. The van der Waals surface area contributed by atoms with E-state index < -0.39 is 0 Å². The average Bonchev–Trinajstić information content (AvgIpc) is 3.10. The smallest absolute Gasteiger partial charge is 0.260 e. The summed E-state index contributed by atoms with van der Waals surface area (Å²) in [4.78, 5) is 29.0. The van der Waals surface area contributed by atoms with E-state index in [0.29, 0.717) is 37.7 Å². The van der Waals surface area contributed by atoms with Gasteiger partial charge in [0.25, 0.3) is 5.91 Å². The van der Waals surface area contributed by atoms with Crippen LogP contribution in [0.4, 0.5) is 0 Å². The van der Waals surface area contributed by atoms with Gasteiger partial charge in [-0.3, -0.25) is 9.59 Å². The number of carbonyl (C=O) groups excluding carboxylic acids is 2. The van der Waals surface area contributed by atoms with Crippen LogP contribution < -0.4 is 4.74 Å². The maximum Gasteiger partial charge on any atom is 0.260 e. The molecule has 2 aromatic carbocycles. The Bertz CT molecular complexity index is 852. The molecule has 0 bridgehead atoms. The second-order valence-corrected chi connectivity index (χ2v) is 7.89. The van der Waals surface area contributed by atoms with Crippen molar-refractivity contribution in [3.63, 3.8) is 0 Å². The number of likely N-dealkylation sites (tertiary alicyclic amines) is 2. The molecule has 2 aliphatic rings. The molecule has 0 saturated carbocycles. The van der Waals surface area contributed by atoms with E-state index in [-0.39, 0.29) is 24.3 Å². The zero-order valence-electron chi connectivity index (χ0n) is 16.2. The number of carbonyl (C=O) groups is 2. The van der Waals surface area contributed by atoms with E-state index >= 15 is 0 Å². The molecule has 2 atom stereocenters. The predicted octanol–water partition coefficient (Wildman–Crippen LogP) is 2.88. The predicted molar refractivity (Wildman–Crippen MR) is 107 cm³/mol. The van der Waals surface area contributed by atoms with Gasteiger partial charge in [0, 0.05) is 32.6 Å². The third-order valence-corrected chi connectivity index (χ3v) is 5.74. The summed E-state index contributed by atoms with van der Waals surface area (Å²) >= 11 is 0. The minimum Gasteiger partial charge on any atom is -0.484 e. The largest absolute Gasteiger partial charge is 0.484 e. The fraction of sp³-hybridized carbons (Fsp3) is 0.391. The van der Waals surface area contributed by atoms with Gasteiger partial charge in [-0.15, -0.1) is 0 Å². The van der Waals surface area contributed by atoms with E-state index in [9.17, 15) is 9.59 Å². The topological polar surface area (TPSA) is 49.9 Å². The van der Waals surface area contributed by atoms with Crippen LogP contribution in [0.3, 0.4) is 0 Å². The second-order valence-electron chi connectivity index (χ2n) is 7.89. The summed E-state index contributed by atoms with van der Waals surface area (Å²) in [5, 5.41) is 0. The maximum atomic E-state index is 12.6. The van der Waals surface area contributed by atoms with Gasteiger partial charge in [-0.1, -0.05) is 42.5 Å². The molecule has 0 spiro atoms. The summed E-state index contributed by atoms with van der Waals surface area (Å²) in [6.07, 6.45) is 0.528. The number of hydrogen-bond donors (Lipinski definition) is 0. The van der Waals surface area contributed by atoms with Crippen molar-refractivity contribution in [2.45, 2.75) is 19.9 Å². The number of hydrogen-bond acceptors (Lipinski definition) is 3. The van der Waals surface area contributed by atoms with Crippen molar-refractivity contribution in [3.8, 4) is 5.75 Å². The van der Waals surface area contributed by atoms with E-state index in [0.717, 1.165) is 17.7 Å². The monoisotopic (exact) mass is 378 g/mol. The van der Waals surface area contributed by atoms with Crippen LogP contribution in [0, 0.1) is 18.8 Å². The summed E-state index contributed by atoms with van der Waals surface area (Å²) < 4.78 is 5.67. The minimum absolute atomic E-state index is 0.00188. The third-order valence-electron chi connectivity index (χ3n) is 5.74. The molecule has 4 rings (SSSR count). The van der Waals surface area contributed by atoms with Crippen LogP contribution in [0.15, 0.2) is 54.6 Å². The molecule has 2 amide bonds. The summed E-state index contributed by atoms with van der Waals surface area (Å²) in [5.41, 5.74) is 2.25. The Morgan fingerprint density at radius 1 is 1.04 bits per heavy atom. The van der Waals surface area contributed by atoms with E-state index in [1.807, 2.05) is 71.3 Å². The molecule has 0 N–H and O–H groups in total. The van der Waals surface area contributed by atoms with E-state index in [4.69, 9.17) is 4.74 Å². The molecule has 5 nitrogen and oxygen atoms in total. The number of amides is 2. The van der Waals surface area contributed by atoms with Crippen LogP contribution in [0.1, 0.15) is 17.5 Å². The molecule has 28 heavy (non-hydrogen) atoms. The van der Waals surface area contributed by atoms with Crippen molar-refractivity contribution in [2.75, 3.05) is 26.2 Å². The quantitative estimate of drug-likeness (QED) is 0.804. The molecule has 2 heterocycles. The van der Waals surface area contributed by atoms with Gasteiger partial charge in [-0.25, -0.2) is 0 Å². The molecule has 0 aliphatic carbocycles. The molecule has 2 fully saturated rings. The fourth-order valence-corrected chi connectivity index (χ4v) is 4.22. The number of ether oxygens (including phenoxy) is 1. The SMILES string of the molecule is Cc1cccc(OCC(=O)N2C[C@H]3CN(Cc4ccccc4)C(=O)C[C@H]3C2)c1. The van der Waals surface area contributed by atoms with Gasteiger partial charge in [0.05, 0.1) is 0 Å². The molecule has 2 saturated heterocycles. The number of piperidine rings is 1. The van der Waals surface area contributed by atoms with Crippen LogP contribution in [0.5, 0.6) is 5.75 Å². The zero-order valence-corrected chi connectivity index (χ0v) is 16.2. The Balaban J connectivity index is 1.32. The first-order chi connectivity index (χ1) is 13.6. The number of rotatable bonds is 5. The highest BCUT2D eigenvalue weighted by Gasteiger charge is 2.41. The van der Waals surface area contributed by atoms with Gasteiger partial charge in [-0.2, -0.15) is 0 Å². The Morgan fingerprint density at radius 3 is 2.61 bits per heavy atom. The van der Waals surface area contributed by atoms with Crippen molar-refractivity contribution < 1.29 is 14.3 Å². The lowest BCUT2D eigenvalue weighted by atomic mass is 9.88. The van der Waals surface area contributed by atoms with Crippen LogP contribution in [-0.2, 0) is 16.1 Å². The van der Waals surface area contributed by atoms with Crippen molar-refractivity contribution >= 4 is 11.8 Å². The molecule has 2 aromatic rings. The molecule has 5 heteroatoms. The van der Waals surface area contributed by atoms with Gasteiger partial charge in [0.15, 0.2) is 6.61 Å². The highest BCUT2D eigenvalue weighted by molar-refractivity contribution is 5.80. The van der Waals surface area contributed by atoms with Crippen molar-refractivity contribution in [1.82, 2.24) is 9.80 Å². The molecule has 2 aliphatic heterocycles. The van der Waals surface area contributed by atoms with Gasteiger partial charge in [0.2, 0.25) is 5.91 Å². The maximum absolute atomic E-state index is 12.6. The van der Waals surface area contributed by atoms with Gasteiger partial charge >= 0.3 is 0 Å². The first-order valence-electron chi connectivity index (χ1n) is 9.87. The van der Waals surface area contributed by atoms with E-state index in [2.05, 4.69) is 0 Å². The lowest BCUT2D eigenvalue weighted by Crippen LogP contribution is -2.43. The Kier molecular flexibility index (Phi) is 5.33. The molecule has 0 aromatic heterocycles. The lowest BCUT2D eigenvalue weighted by molar-refractivity contribution is -0.137. The zero-order chi connectivity index (χ0) is 19.5. The van der Waals surface area contributed by atoms with Gasteiger partial charge in [0.1, 0.15) is 5.75 Å². The molecular formula is C23H26N2O3. The van der Waals surface area contributed by atoms with Crippen LogP contribution in [-0.4, -0.2) is 47.9 Å².